The Labute approximate surface area is 126 Å². The monoisotopic (exact) mass is 285 g/mol. The normalized spacial score (nSPS) is 10.7. The molecule has 21 heavy (non-hydrogen) atoms. The topological polar surface area (TPSA) is 75.9 Å². The standard InChI is InChI=1S/C16H23N5/c1-4-7-12-8-5-6-9-13(12)18-14-10-15(21-17)20-16(19-14)11(2)3/h5-6,8-11H,4,7,17H2,1-3H3,(H2,18,19,20,21). The van der Waals surface area contributed by atoms with Crippen LogP contribution in [0.2, 0.25) is 0 Å². The SMILES string of the molecule is CCCc1ccccc1Nc1cc(NN)nc(C(C)C)n1. The van der Waals surface area contributed by atoms with Crippen LogP contribution in [0.3, 0.4) is 0 Å². The minimum atomic E-state index is 0.240. The molecule has 0 saturated carbocycles. The van der Waals surface area contributed by atoms with Crippen LogP contribution in [0.25, 0.3) is 0 Å². The van der Waals surface area contributed by atoms with Gasteiger partial charge in [-0.1, -0.05) is 45.4 Å². The van der Waals surface area contributed by atoms with Crippen LogP contribution in [-0.4, -0.2) is 9.97 Å². The molecule has 0 aliphatic heterocycles. The van der Waals surface area contributed by atoms with Crippen molar-refractivity contribution >= 4 is 17.3 Å². The molecule has 0 bridgehead atoms. The lowest BCUT2D eigenvalue weighted by atomic mass is 10.1. The maximum Gasteiger partial charge on any atom is 0.145 e. The number of nitrogens with one attached hydrogen (secondary N) is 2. The number of hydrogen-bond donors (Lipinski definition) is 3. The first-order valence-corrected chi connectivity index (χ1v) is 7.34. The molecule has 0 atom stereocenters. The van der Waals surface area contributed by atoms with E-state index in [-0.39, 0.29) is 5.92 Å². The lowest BCUT2D eigenvalue weighted by Gasteiger charge is -2.14. The van der Waals surface area contributed by atoms with Gasteiger partial charge in [-0.15, -0.1) is 0 Å². The highest BCUT2D eigenvalue weighted by Gasteiger charge is 2.09. The summed E-state index contributed by atoms with van der Waals surface area (Å²) in [5, 5.41) is 3.38. The number of aryl methyl sites for hydroxylation is 1. The van der Waals surface area contributed by atoms with Crippen molar-refractivity contribution in [1.82, 2.24) is 9.97 Å². The molecule has 4 N–H and O–H groups in total. The Morgan fingerprint density at radius 3 is 2.52 bits per heavy atom. The molecule has 0 saturated heterocycles. The molecule has 1 heterocycles. The minimum absolute atomic E-state index is 0.240. The van der Waals surface area contributed by atoms with Crippen molar-refractivity contribution < 1.29 is 0 Å². The number of para-hydroxylation sites is 1. The van der Waals surface area contributed by atoms with E-state index in [0.29, 0.717) is 5.82 Å². The average molecular weight is 285 g/mol. The zero-order valence-corrected chi connectivity index (χ0v) is 12.9. The van der Waals surface area contributed by atoms with E-state index in [0.717, 1.165) is 30.2 Å². The van der Waals surface area contributed by atoms with Crippen molar-refractivity contribution in [1.29, 1.82) is 0 Å². The maximum atomic E-state index is 5.49. The number of nitrogens with two attached hydrogens (primary N) is 1. The Balaban J connectivity index is 2.32. The van der Waals surface area contributed by atoms with Crippen LogP contribution in [-0.2, 0) is 6.42 Å². The molecule has 1 aromatic heterocycles. The molecule has 0 aliphatic carbocycles. The van der Waals surface area contributed by atoms with Crippen molar-refractivity contribution in [3.63, 3.8) is 0 Å². The van der Waals surface area contributed by atoms with E-state index < -0.39 is 0 Å². The van der Waals surface area contributed by atoms with Crippen molar-refractivity contribution in [2.24, 2.45) is 5.84 Å². The molecule has 0 radical (unpaired) electrons. The zero-order valence-electron chi connectivity index (χ0n) is 12.9. The number of hydrogen-bond acceptors (Lipinski definition) is 5. The number of aromatic nitrogens is 2. The fraction of sp³-hybridized carbons (Fsp3) is 0.375. The Morgan fingerprint density at radius 1 is 1.14 bits per heavy atom. The highest BCUT2D eigenvalue weighted by Crippen LogP contribution is 2.23. The van der Waals surface area contributed by atoms with Crippen molar-refractivity contribution in [2.75, 3.05) is 10.7 Å². The summed E-state index contributed by atoms with van der Waals surface area (Å²) in [5.74, 6) is 7.87. The van der Waals surface area contributed by atoms with Crippen LogP contribution in [0.1, 0.15) is 44.5 Å². The van der Waals surface area contributed by atoms with Crippen LogP contribution < -0.4 is 16.6 Å². The number of anilines is 3. The van der Waals surface area contributed by atoms with E-state index in [4.69, 9.17) is 5.84 Å². The van der Waals surface area contributed by atoms with E-state index in [1.165, 1.54) is 5.56 Å². The third-order valence-corrected chi connectivity index (χ3v) is 3.21. The Morgan fingerprint density at radius 2 is 1.86 bits per heavy atom. The Bertz CT molecular complexity index is 595. The van der Waals surface area contributed by atoms with Gasteiger partial charge in [-0.2, -0.15) is 0 Å². The fourth-order valence-electron chi connectivity index (χ4n) is 2.13. The summed E-state index contributed by atoms with van der Waals surface area (Å²) in [5.41, 5.74) is 4.96. The van der Waals surface area contributed by atoms with E-state index in [9.17, 15) is 0 Å². The molecule has 0 spiro atoms. The van der Waals surface area contributed by atoms with Gasteiger partial charge in [-0.05, 0) is 18.1 Å². The average Bonchev–Trinajstić information content (AvgIpc) is 2.49. The van der Waals surface area contributed by atoms with Gasteiger partial charge < -0.3 is 10.7 Å². The molecule has 2 aromatic rings. The van der Waals surface area contributed by atoms with Crippen LogP contribution in [0.4, 0.5) is 17.3 Å². The molecular weight excluding hydrogens is 262 g/mol. The predicted octanol–water partition coefficient (Wildman–Crippen LogP) is 3.58. The zero-order chi connectivity index (χ0) is 15.2. The van der Waals surface area contributed by atoms with Crippen molar-refractivity contribution in [2.45, 2.75) is 39.5 Å². The van der Waals surface area contributed by atoms with Crippen LogP contribution >= 0.6 is 0 Å². The number of nitrogen functional groups attached to an aromatic ring is 1. The van der Waals surface area contributed by atoms with Gasteiger partial charge in [0.05, 0.1) is 0 Å². The minimum Gasteiger partial charge on any atom is -0.340 e. The first-order chi connectivity index (χ1) is 10.1. The fourth-order valence-corrected chi connectivity index (χ4v) is 2.13. The van der Waals surface area contributed by atoms with Gasteiger partial charge in [-0.25, -0.2) is 15.8 Å². The van der Waals surface area contributed by atoms with Crippen LogP contribution in [0.15, 0.2) is 30.3 Å². The molecule has 0 unspecified atom stereocenters. The van der Waals surface area contributed by atoms with Crippen LogP contribution in [0.5, 0.6) is 0 Å². The van der Waals surface area contributed by atoms with Crippen LogP contribution in [0, 0.1) is 0 Å². The molecule has 0 amide bonds. The number of hydrazine groups is 1. The Hall–Kier alpha value is -2.14. The predicted molar refractivity (Wildman–Crippen MR) is 87.7 cm³/mol. The summed E-state index contributed by atoms with van der Waals surface area (Å²) >= 11 is 0. The van der Waals surface area contributed by atoms with Crippen molar-refractivity contribution in [3.05, 3.63) is 41.7 Å². The van der Waals surface area contributed by atoms with E-state index in [2.05, 4.69) is 59.7 Å². The first kappa shape index (κ1) is 15.3. The summed E-state index contributed by atoms with van der Waals surface area (Å²) in [6.07, 6.45) is 2.14. The van der Waals surface area contributed by atoms with Gasteiger partial charge in [0.15, 0.2) is 0 Å². The molecule has 2 rings (SSSR count). The summed E-state index contributed by atoms with van der Waals surface area (Å²) in [6, 6.07) is 10.1. The lowest BCUT2D eigenvalue weighted by molar-refractivity contribution is 0.777. The van der Waals surface area contributed by atoms with Gasteiger partial charge >= 0.3 is 0 Å². The first-order valence-electron chi connectivity index (χ1n) is 7.34. The van der Waals surface area contributed by atoms with E-state index >= 15 is 0 Å². The Kier molecular flexibility index (Phi) is 5.11. The number of nitrogens with zero attached hydrogens (tertiary/aromatic N) is 2. The molecule has 112 valence electrons. The largest absolute Gasteiger partial charge is 0.340 e. The highest BCUT2D eigenvalue weighted by molar-refractivity contribution is 5.62. The molecule has 5 nitrogen and oxygen atoms in total. The highest BCUT2D eigenvalue weighted by atomic mass is 15.3. The van der Waals surface area contributed by atoms with Crippen molar-refractivity contribution in [3.8, 4) is 0 Å². The summed E-state index contributed by atoms with van der Waals surface area (Å²) in [7, 11) is 0. The van der Waals surface area contributed by atoms with Gasteiger partial charge in [0, 0.05) is 17.7 Å². The number of rotatable bonds is 6. The van der Waals surface area contributed by atoms with Gasteiger partial charge in [-0.3, -0.25) is 0 Å². The molecule has 0 aliphatic rings. The molecular formula is C16H23N5. The second-order valence-corrected chi connectivity index (χ2v) is 5.33. The third kappa shape index (κ3) is 3.92. The molecule has 5 heteroatoms. The van der Waals surface area contributed by atoms with E-state index in [1.54, 1.807) is 0 Å². The summed E-state index contributed by atoms with van der Waals surface area (Å²) in [4.78, 5) is 8.92. The quantitative estimate of drug-likeness (QED) is 0.558. The molecule has 1 aromatic carbocycles. The second kappa shape index (κ2) is 7.04. The second-order valence-electron chi connectivity index (χ2n) is 5.33. The van der Waals surface area contributed by atoms with E-state index in [1.807, 2.05) is 12.1 Å². The van der Waals surface area contributed by atoms with Gasteiger partial charge in [0.25, 0.3) is 0 Å². The van der Waals surface area contributed by atoms with Gasteiger partial charge in [0.1, 0.15) is 17.5 Å². The van der Waals surface area contributed by atoms with Gasteiger partial charge in [0.2, 0.25) is 0 Å². The third-order valence-electron chi connectivity index (χ3n) is 3.21. The maximum absolute atomic E-state index is 5.49. The summed E-state index contributed by atoms with van der Waals surface area (Å²) in [6.45, 7) is 6.30. The summed E-state index contributed by atoms with van der Waals surface area (Å²) < 4.78 is 0. The lowest BCUT2D eigenvalue weighted by Crippen LogP contribution is -2.12. The smallest absolute Gasteiger partial charge is 0.145 e. The number of benzene rings is 1. The molecule has 0 fully saturated rings.